The number of nitro groups is 1. The summed E-state index contributed by atoms with van der Waals surface area (Å²) in [5.74, 6) is 0. The van der Waals surface area contributed by atoms with Crippen molar-refractivity contribution in [3.63, 3.8) is 0 Å². The fraction of sp³-hybridized carbons (Fsp3) is 0.111. The van der Waals surface area contributed by atoms with Crippen molar-refractivity contribution in [1.82, 2.24) is 4.98 Å². The molecular weight excluding hydrogens is 198 g/mol. The highest BCUT2D eigenvalue weighted by Gasteiger charge is 2.14. The zero-order valence-electron chi connectivity index (χ0n) is 7.62. The molecule has 0 bridgehead atoms. The predicted molar refractivity (Wildman–Crippen MR) is 51.7 cm³/mol. The Balaban J connectivity index is 3.17. The second-order valence-electron chi connectivity index (χ2n) is 2.59. The van der Waals surface area contributed by atoms with Gasteiger partial charge in [-0.2, -0.15) is 5.26 Å². The Kier molecular flexibility index (Phi) is 3.49. The zero-order chi connectivity index (χ0) is 11.3. The third-order valence-electron chi connectivity index (χ3n) is 1.61. The van der Waals surface area contributed by atoms with E-state index in [4.69, 9.17) is 10.4 Å². The van der Waals surface area contributed by atoms with Crippen molar-refractivity contribution in [1.29, 1.82) is 5.26 Å². The van der Waals surface area contributed by atoms with Crippen molar-refractivity contribution < 1.29 is 10.0 Å². The molecule has 6 heteroatoms. The maximum Gasteiger partial charge on any atom is 0.306 e. The number of aliphatic hydroxyl groups is 1. The van der Waals surface area contributed by atoms with Gasteiger partial charge in [-0.3, -0.25) is 10.1 Å². The first-order valence-electron chi connectivity index (χ1n) is 4.01. The molecule has 1 aromatic rings. The van der Waals surface area contributed by atoms with E-state index in [1.165, 1.54) is 24.4 Å². The number of rotatable bonds is 3. The summed E-state index contributed by atoms with van der Waals surface area (Å²) in [6.07, 6.45) is 4.24. The van der Waals surface area contributed by atoms with Crippen LogP contribution < -0.4 is 0 Å². The first-order chi connectivity index (χ1) is 7.19. The average molecular weight is 205 g/mol. The lowest BCUT2D eigenvalue weighted by atomic mass is 10.2. The first-order valence-corrected chi connectivity index (χ1v) is 4.01. The molecule has 76 valence electrons. The van der Waals surface area contributed by atoms with Gasteiger partial charge in [0.2, 0.25) is 5.69 Å². The highest BCUT2D eigenvalue weighted by atomic mass is 16.6. The molecule has 15 heavy (non-hydrogen) atoms. The van der Waals surface area contributed by atoms with Crippen LogP contribution in [0.5, 0.6) is 0 Å². The van der Waals surface area contributed by atoms with Gasteiger partial charge in [-0.25, -0.2) is 4.98 Å². The molecule has 0 aliphatic rings. The van der Waals surface area contributed by atoms with Crippen molar-refractivity contribution in [2.24, 2.45) is 0 Å². The molecule has 1 heterocycles. The zero-order valence-corrected chi connectivity index (χ0v) is 7.62. The molecule has 0 aliphatic heterocycles. The standard InChI is InChI=1S/C9H7N3O3/c10-5-8-9(12(14)15)4-7(6-11-8)2-1-3-13/h1-2,4,6,13H,3H2. The van der Waals surface area contributed by atoms with Gasteiger partial charge >= 0.3 is 5.69 Å². The third-order valence-corrected chi connectivity index (χ3v) is 1.61. The molecule has 6 nitrogen and oxygen atoms in total. The molecule has 1 aromatic heterocycles. The fourth-order valence-electron chi connectivity index (χ4n) is 0.974. The maximum atomic E-state index is 10.5. The third kappa shape index (κ3) is 2.59. The van der Waals surface area contributed by atoms with Crippen LogP contribution in [-0.4, -0.2) is 21.6 Å². The topological polar surface area (TPSA) is 100 Å². The second-order valence-corrected chi connectivity index (χ2v) is 2.59. The van der Waals surface area contributed by atoms with Crippen molar-refractivity contribution in [3.05, 3.63) is 39.7 Å². The van der Waals surface area contributed by atoms with Gasteiger partial charge in [-0.15, -0.1) is 0 Å². The quantitative estimate of drug-likeness (QED) is 0.582. The number of hydrogen-bond acceptors (Lipinski definition) is 5. The van der Waals surface area contributed by atoms with E-state index in [0.29, 0.717) is 5.56 Å². The Morgan fingerprint density at radius 1 is 1.73 bits per heavy atom. The molecule has 0 aromatic carbocycles. The Morgan fingerprint density at radius 2 is 2.47 bits per heavy atom. The van der Waals surface area contributed by atoms with Crippen LogP contribution in [-0.2, 0) is 0 Å². The summed E-state index contributed by atoms with van der Waals surface area (Å²) >= 11 is 0. The Hall–Kier alpha value is -2.26. The minimum Gasteiger partial charge on any atom is -0.392 e. The number of nitriles is 1. The minimum atomic E-state index is -0.665. The van der Waals surface area contributed by atoms with Crippen molar-refractivity contribution >= 4 is 11.8 Å². The SMILES string of the molecule is N#Cc1ncc(C=CCO)cc1[N+](=O)[O-]. The number of pyridine rings is 1. The summed E-state index contributed by atoms with van der Waals surface area (Å²) in [7, 11) is 0. The van der Waals surface area contributed by atoms with E-state index in [-0.39, 0.29) is 18.0 Å². The number of aromatic nitrogens is 1. The van der Waals surface area contributed by atoms with Crippen LogP contribution >= 0.6 is 0 Å². The molecular formula is C9H7N3O3. The van der Waals surface area contributed by atoms with Crippen LogP contribution in [0.25, 0.3) is 6.08 Å². The molecule has 0 saturated heterocycles. The Labute approximate surface area is 85.3 Å². The van der Waals surface area contributed by atoms with E-state index >= 15 is 0 Å². The van der Waals surface area contributed by atoms with Crippen LogP contribution in [0.3, 0.4) is 0 Å². The molecule has 0 radical (unpaired) electrons. The summed E-state index contributed by atoms with van der Waals surface area (Å²) in [4.78, 5) is 13.5. The highest BCUT2D eigenvalue weighted by Crippen LogP contribution is 2.17. The Bertz CT molecular complexity index is 448. The van der Waals surface area contributed by atoms with Crippen LogP contribution in [0.1, 0.15) is 11.3 Å². The van der Waals surface area contributed by atoms with E-state index in [1.54, 1.807) is 6.07 Å². The van der Waals surface area contributed by atoms with Crippen LogP contribution in [0.2, 0.25) is 0 Å². The van der Waals surface area contributed by atoms with Gasteiger partial charge in [-0.1, -0.05) is 12.2 Å². The normalized spacial score (nSPS) is 10.1. The van der Waals surface area contributed by atoms with E-state index in [9.17, 15) is 10.1 Å². The maximum absolute atomic E-state index is 10.5. The first kappa shape index (κ1) is 10.8. The monoisotopic (exact) mass is 205 g/mol. The Morgan fingerprint density at radius 3 is 3.00 bits per heavy atom. The molecule has 0 atom stereocenters. The van der Waals surface area contributed by atoms with Crippen LogP contribution in [0.15, 0.2) is 18.3 Å². The van der Waals surface area contributed by atoms with E-state index in [0.717, 1.165) is 0 Å². The lowest BCUT2D eigenvalue weighted by molar-refractivity contribution is -0.385. The molecule has 1 N–H and O–H groups in total. The summed E-state index contributed by atoms with van der Waals surface area (Å²) in [5, 5.41) is 27.6. The minimum absolute atomic E-state index is 0.159. The molecule has 0 unspecified atom stereocenters. The van der Waals surface area contributed by atoms with E-state index in [2.05, 4.69) is 4.98 Å². The number of aliphatic hydroxyl groups excluding tert-OH is 1. The largest absolute Gasteiger partial charge is 0.392 e. The van der Waals surface area contributed by atoms with Gasteiger partial charge < -0.3 is 5.11 Å². The van der Waals surface area contributed by atoms with Crippen LogP contribution in [0.4, 0.5) is 5.69 Å². The molecule has 0 amide bonds. The van der Waals surface area contributed by atoms with E-state index in [1.807, 2.05) is 0 Å². The lowest BCUT2D eigenvalue weighted by Crippen LogP contribution is -1.95. The van der Waals surface area contributed by atoms with Crippen molar-refractivity contribution in [2.45, 2.75) is 0 Å². The smallest absolute Gasteiger partial charge is 0.306 e. The highest BCUT2D eigenvalue weighted by molar-refractivity contribution is 5.55. The van der Waals surface area contributed by atoms with Gasteiger partial charge in [0.05, 0.1) is 11.5 Å². The van der Waals surface area contributed by atoms with Crippen LogP contribution in [0, 0.1) is 21.4 Å². The lowest BCUT2D eigenvalue weighted by Gasteiger charge is -1.95. The van der Waals surface area contributed by atoms with Crippen molar-refractivity contribution in [2.75, 3.05) is 6.61 Å². The summed E-state index contributed by atoms with van der Waals surface area (Å²) < 4.78 is 0. The van der Waals surface area contributed by atoms with E-state index < -0.39 is 4.92 Å². The summed E-state index contributed by atoms with van der Waals surface area (Å²) in [5.41, 5.74) is -0.0894. The van der Waals surface area contributed by atoms with Gasteiger partial charge in [0, 0.05) is 12.3 Å². The van der Waals surface area contributed by atoms with Gasteiger partial charge in [0.1, 0.15) is 6.07 Å². The van der Waals surface area contributed by atoms with Gasteiger partial charge in [-0.05, 0) is 5.56 Å². The predicted octanol–water partition coefficient (Wildman–Crippen LogP) is 0.867. The average Bonchev–Trinajstić information content (AvgIpc) is 2.25. The second kappa shape index (κ2) is 4.83. The van der Waals surface area contributed by atoms with Crippen molar-refractivity contribution in [3.8, 4) is 6.07 Å². The summed E-state index contributed by atoms with van der Waals surface area (Å²) in [6.45, 7) is -0.159. The van der Waals surface area contributed by atoms with Gasteiger partial charge in [0.25, 0.3) is 0 Å². The number of nitrogens with zero attached hydrogens (tertiary/aromatic N) is 3. The fourth-order valence-corrected chi connectivity index (χ4v) is 0.974. The molecule has 0 spiro atoms. The molecule has 0 fully saturated rings. The molecule has 1 rings (SSSR count). The van der Waals surface area contributed by atoms with Gasteiger partial charge in [0.15, 0.2) is 0 Å². The summed E-state index contributed by atoms with van der Waals surface area (Å²) in [6, 6.07) is 2.87. The number of hydrogen-bond donors (Lipinski definition) is 1. The molecule has 0 saturated carbocycles. The molecule has 0 aliphatic carbocycles.